The number of rotatable bonds is 7. The minimum absolute atomic E-state index is 0.477. The van der Waals surface area contributed by atoms with E-state index < -0.39 is 0 Å². The smallest absolute Gasteiger partial charge is 0.120 e. The van der Waals surface area contributed by atoms with Crippen LogP contribution in [-0.4, -0.2) is 19.2 Å². The molecule has 0 fully saturated rings. The lowest BCUT2D eigenvalue weighted by Crippen LogP contribution is -2.31. The highest BCUT2D eigenvalue weighted by Gasteiger charge is 2.03. The van der Waals surface area contributed by atoms with Gasteiger partial charge in [-0.25, -0.2) is 0 Å². The van der Waals surface area contributed by atoms with Gasteiger partial charge in [-0.15, -0.1) is 11.3 Å². The highest BCUT2D eigenvalue weighted by molar-refractivity contribution is 9.10. The molecule has 2 nitrogen and oxygen atoms in total. The number of nitrogens with one attached hydrogen (secondary N) is 1. The van der Waals surface area contributed by atoms with Gasteiger partial charge in [0, 0.05) is 21.9 Å². The zero-order valence-corrected chi connectivity index (χ0v) is 13.3. The number of hydrogen-bond donors (Lipinski definition) is 1. The van der Waals surface area contributed by atoms with Crippen molar-refractivity contribution in [3.8, 4) is 5.75 Å². The molecule has 0 aliphatic carbocycles. The zero-order chi connectivity index (χ0) is 13.5. The summed E-state index contributed by atoms with van der Waals surface area (Å²) in [6.07, 6.45) is 1.08. The Labute approximate surface area is 126 Å². The predicted molar refractivity (Wildman–Crippen MR) is 85.1 cm³/mol. The SMILES string of the molecule is CC(Cc1cccs1)NCCOc1cccc(Br)c1. The number of benzene rings is 1. The van der Waals surface area contributed by atoms with Gasteiger partial charge in [-0.1, -0.05) is 28.1 Å². The molecule has 1 aromatic heterocycles. The first-order valence-corrected chi connectivity index (χ1v) is 8.05. The van der Waals surface area contributed by atoms with Gasteiger partial charge in [-0.3, -0.25) is 0 Å². The Hall–Kier alpha value is -0.840. The van der Waals surface area contributed by atoms with Gasteiger partial charge in [0.15, 0.2) is 0 Å². The average Bonchev–Trinajstić information content (AvgIpc) is 2.87. The largest absolute Gasteiger partial charge is 0.492 e. The normalized spacial score (nSPS) is 12.3. The molecule has 0 radical (unpaired) electrons. The maximum Gasteiger partial charge on any atom is 0.120 e. The van der Waals surface area contributed by atoms with Crippen LogP contribution in [0.4, 0.5) is 0 Å². The van der Waals surface area contributed by atoms with Gasteiger partial charge in [-0.2, -0.15) is 0 Å². The molecule has 1 aromatic carbocycles. The third kappa shape index (κ3) is 5.35. The van der Waals surface area contributed by atoms with Crippen molar-refractivity contribution >= 4 is 27.3 Å². The molecule has 0 aliphatic heterocycles. The second kappa shape index (κ2) is 7.68. The first-order chi connectivity index (χ1) is 9.24. The summed E-state index contributed by atoms with van der Waals surface area (Å²) >= 11 is 5.25. The van der Waals surface area contributed by atoms with E-state index >= 15 is 0 Å². The standard InChI is InChI=1S/C15H18BrNOS/c1-12(10-15-6-3-9-19-15)17-7-8-18-14-5-2-4-13(16)11-14/h2-6,9,11-12,17H,7-8,10H2,1H3. The van der Waals surface area contributed by atoms with Crippen molar-refractivity contribution < 1.29 is 4.74 Å². The molecule has 0 aliphatic rings. The third-order valence-corrected chi connectivity index (χ3v) is 4.14. The van der Waals surface area contributed by atoms with Gasteiger partial charge in [-0.05, 0) is 43.0 Å². The van der Waals surface area contributed by atoms with Crippen molar-refractivity contribution in [2.75, 3.05) is 13.2 Å². The summed E-state index contributed by atoms with van der Waals surface area (Å²) in [5.74, 6) is 0.905. The van der Waals surface area contributed by atoms with Crippen LogP contribution in [0.3, 0.4) is 0 Å². The minimum atomic E-state index is 0.477. The second-order valence-corrected chi connectivity index (χ2v) is 6.39. The summed E-state index contributed by atoms with van der Waals surface area (Å²) in [6.45, 7) is 3.75. The maximum atomic E-state index is 5.68. The molecule has 0 bridgehead atoms. The van der Waals surface area contributed by atoms with Crippen LogP contribution in [0.1, 0.15) is 11.8 Å². The molecule has 1 heterocycles. The van der Waals surface area contributed by atoms with Crippen LogP contribution in [0.5, 0.6) is 5.75 Å². The number of hydrogen-bond acceptors (Lipinski definition) is 3. The van der Waals surface area contributed by atoms with Crippen molar-refractivity contribution in [1.82, 2.24) is 5.32 Å². The van der Waals surface area contributed by atoms with Crippen LogP contribution < -0.4 is 10.1 Å². The molecule has 0 saturated carbocycles. The number of halogens is 1. The second-order valence-electron chi connectivity index (χ2n) is 4.44. The Morgan fingerprint density at radius 2 is 2.21 bits per heavy atom. The van der Waals surface area contributed by atoms with Gasteiger partial charge in [0.1, 0.15) is 12.4 Å². The van der Waals surface area contributed by atoms with E-state index in [4.69, 9.17) is 4.74 Å². The Balaban J connectivity index is 1.64. The van der Waals surface area contributed by atoms with Crippen molar-refractivity contribution in [3.63, 3.8) is 0 Å². The first kappa shape index (κ1) is 14.6. The van der Waals surface area contributed by atoms with E-state index in [1.807, 2.05) is 35.6 Å². The molecule has 2 rings (SSSR count). The van der Waals surface area contributed by atoms with Gasteiger partial charge < -0.3 is 10.1 Å². The van der Waals surface area contributed by atoms with Crippen LogP contribution in [0.2, 0.25) is 0 Å². The van der Waals surface area contributed by atoms with Gasteiger partial charge in [0.25, 0.3) is 0 Å². The van der Waals surface area contributed by atoms with E-state index in [-0.39, 0.29) is 0 Å². The predicted octanol–water partition coefficient (Wildman–Crippen LogP) is 4.11. The molecule has 19 heavy (non-hydrogen) atoms. The van der Waals surface area contributed by atoms with Crippen molar-refractivity contribution in [3.05, 3.63) is 51.1 Å². The summed E-state index contributed by atoms with van der Waals surface area (Å²) in [5, 5.41) is 5.60. The van der Waals surface area contributed by atoms with E-state index in [2.05, 4.69) is 45.7 Å². The Bertz CT molecular complexity index is 487. The maximum absolute atomic E-state index is 5.68. The fourth-order valence-corrected chi connectivity index (χ4v) is 3.05. The fourth-order valence-electron chi connectivity index (χ4n) is 1.83. The highest BCUT2D eigenvalue weighted by atomic mass is 79.9. The number of ether oxygens (including phenoxy) is 1. The summed E-state index contributed by atoms with van der Waals surface area (Å²) in [6, 6.07) is 12.7. The Kier molecular flexibility index (Phi) is 5.89. The van der Waals surface area contributed by atoms with Gasteiger partial charge >= 0.3 is 0 Å². The van der Waals surface area contributed by atoms with Gasteiger partial charge in [0.05, 0.1) is 0 Å². The number of thiophene rings is 1. The van der Waals surface area contributed by atoms with E-state index in [0.29, 0.717) is 12.6 Å². The molecular formula is C15H18BrNOS. The topological polar surface area (TPSA) is 21.3 Å². The fraction of sp³-hybridized carbons (Fsp3) is 0.333. The summed E-state index contributed by atoms with van der Waals surface area (Å²) in [5.41, 5.74) is 0. The lowest BCUT2D eigenvalue weighted by atomic mass is 10.2. The Morgan fingerprint density at radius 3 is 2.95 bits per heavy atom. The van der Waals surface area contributed by atoms with Gasteiger partial charge in [0.2, 0.25) is 0 Å². The molecule has 2 aromatic rings. The van der Waals surface area contributed by atoms with Crippen molar-refractivity contribution in [2.45, 2.75) is 19.4 Å². The molecule has 4 heteroatoms. The Morgan fingerprint density at radius 1 is 1.32 bits per heavy atom. The summed E-state index contributed by atoms with van der Waals surface area (Å²) in [4.78, 5) is 1.42. The molecule has 0 spiro atoms. The van der Waals surface area contributed by atoms with E-state index in [1.165, 1.54) is 4.88 Å². The molecule has 1 unspecified atom stereocenters. The van der Waals surface area contributed by atoms with E-state index in [1.54, 1.807) is 0 Å². The van der Waals surface area contributed by atoms with E-state index in [9.17, 15) is 0 Å². The van der Waals surface area contributed by atoms with Crippen LogP contribution in [-0.2, 0) is 6.42 Å². The third-order valence-electron chi connectivity index (χ3n) is 2.75. The highest BCUT2D eigenvalue weighted by Crippen LogP contribution is 2.17. The molecular weight excluding hydrogens is 322 g/mol. The van der Waals surface area contributed by atoms with Crippen LogP contribution >= 0.6 is 27.3 Å². The van der Waals surface area contributed by atoms with Crippen molar-refractivity contribution in [1.29, 1.82) is 0 Å². The van der Waals surface area contributed by atoms with Crippen LogP contribution in [0.15, 0.2) is 46.3 Å². The van der Waals surface area contributed by atoms with E-state index in [0.717, 1.165) is 23.2 Å². The molecule has 102 valence electrons. The van der Waals surface area contributed by atoms with Crippen molar-refractivity contribution in [2.24, 2.45) is 0 Å². The minimum Gasteiger partial charge on any atom is -0.492 e. The average molecular weight is 340 g/mol. The monoisotopic (exact) mass is 339 g/mol. The molecule has 0 saturated heterocycles. The lowest BCUT2D eigenvalue weighted by Gasteiger charge is -2.13. The molecule has 1 atom stereocenters. The van der Waals surface area contributed by atoms with Crippen LogP contribution in [0.25, 0.3) is 0 Å². The quantitative estimate of drug-likeness (QED) is 0.766. The zero-order valence-electron chi connectivity index (χ0n) is 10.9. The summed E-state index contributed by atoms with van der Waals surface area (Å²) < 4.78 is 6.73. The summed E-state index contributed by atoms with van der Waals surface area (Å²) in [7, 11) is 0. The lowest BCUT2D eigenvalue weighted by molar-refractivity contribution is 0.306. The molecule has 0 amide bonds. The first-order valence-electron chi connectivity index (χ1n) is 6.38. The van der Waals surface area contributed by atoms with Crippen LogP contribution in [0, 0.1) is 0 Å². The molecule has 1 N–H and O–H groups in total.